The predicted molar refractivity (Wildman–Crippen MR) is 87.4 cm³/mol. The molecular weight excluding hydrogens is 335 g/mol. The summed E-state index contributed by atoms with van der Waals surface area (Å²) < 4.78 is 18.8. The van der Waals surface area contributed by atoms with Crippen LogP contribution >= 0.6 is 11.6 Å². The summed E-state index contributed by atoms with van der Waals surface area (Å²) in [4.78, 5) is 36.6. The van der Waals surface area contributed by atoms with Gasteiger partial charge in [0, 0.05) is 17.0 Å². The molecule has 0 saturated carbocycles. The highest BCUT2D eigenvalue weighted by molar-refractivity contribution is 6.39. The molecule has 24 heavy (non-hydrogen) atoms. The summed E-state index contributed by atoms with van der Waals surface area (Å²) in [6, 6.07) is 4.11. The summed E-state index contributed by atoms with van der Waals surface area (Å²) in [5.74, 6) is -2.81. The quantitative estimate of drug-likeness (QED) is 0.461. The summed E-state index contributed by atoms with van der Waals surface area (Å²) in [5.41, 5.74) is 0.394. The smallest absolute Gasteiger partial charge is 0.309 e. The van der Waals surface area contributed by atoms with E-state index in [1.807, 2.05) is 0 Å². The number of Topliss-reactive ketones (excluding diaryl/α,β-unsaturated/α-hetero) is 2. The van der Waals surface area contributed by atoms with Gasteiger partial charge in [0.15, 0.2) is 11.6 Å². The van der Waals surface area contributed by atoms with E-state index < -0.39 is 29.3 Å². The van der Waals surface area contributed by atoms with Crippen LogP contribution in [0.15, 0.2) is 28.8 Å². The van der Waals surface area contributed by atoms with Crippen molar-refractivity contribution in [3.63, 3.8) is 0 Å². The first kappa shape index (κ1) is 18.3. The van der Waals surface area contributed by atoms with Gasteiger partial charge in [0.2, 0.25) is 0 Å². The van der Waals surface area contributed by atoms with Gasteiger partial charge in [0.25, 0.3) is 0 Å². The third-order valence-corrected chi connectivity index (χ3v) is 4.29. The number of esters is 1. The van der Waals surface area contributed by atoms with Gasteiger partial charge in [0.05, 0.1) is 18.1 Å². The minimum absolute atomic E-state index is 0.0225. The molecule has 0 amide bonds. The zero-order valence-corrected chi connectivity index (χ0v) is 14.3. The van der Waals surface area contributed by atoms with Crippen LogP contribution in [0.5, 0.6) is 0 Å². The van der Waals surface area contributed by atoms with E-state index in [0.717, 1.165) is 6.07 Å². The maximum atomic E-state index is 13.9. The number of ether oxygens (including phenoxy) is 1. The van der Waals surface area contributed by atoms with Gasteiger partial charge in [-0.05, 0) is 31.4 Å². The molecule has 1 aromatic rings. The standard InChI is InChI=1S/C18H18ClFO4/c1-3-10-5-6-11(8-14(10)20)17(22)16-13(19)7-12(9-15(16)21)18(23)24-4-2/h5-6,8,12H,3-4,7,9H2,1-2H3. The molecule has 0 spiro atoms. The lowest BCUT2D eigenvalue weighted by molar-refractivity contribution is -0.149. The maximum Gasteiger partial charge on any atom is 0.309 e. The number of hydrogen-bond acceptors (Lipinski definition) is 4. The number of carbonyl (C=O) groups excluding carboxylic acids is 3. The third-order valence-electron chi connectivity index (χ3n) is 3.95. The average molecular weight is 353 g/mol. The maximum absolute atomic E-state index is 13.9. The monoisotopic (exact) mass is 352 g/mol. The molecule has 0 heterocycles. The summed E-state index contributed by atoms with van der Waals surface area (Å²) in [7, 11) is 0. The molecule has 1 aliphatic rings. The first-order valence-corrected chi connectivity index (χ1v) is 8.18. The van der Waals surface area contributed by atoms with Gasteiger partial charge in [-0.2, -0.15) is 0 Å². The second-order valence-corrected chi connectivity index (χ2v) is 6.01. The molecule has 1 aliphatic carbocycles. The number of allylic oxidation sites excluding steroid dienone is 2. The Morgan fingerprint density at radius 1 is 1.29 bits per heavy atom. The normalized spacial score (nSPS) is 17.8. The van der Waals surface area contributed by atoms with Crippen LogP contribution in [0.25, 0.3) is 0 Å². The molecule has 0 radical (unpaired) electrons. The van der Waals surface area contributed by atoms with Crippen molar-refractivity contribution in [2.24, 2.45) is 5.92 Å². The van der Waals surface area contributed by atoms with Crippen molar-refractivity contribution in [3.8, 4) is 0 Å². The highest BCUT2D eigenvalue weighted by Gasteiger charge is 2.35. The van der Waals surface area contributed by atoms with Gasteiger partial charge < -0.3 is 4.74 Å². The Morgan fingerprint density at radius 2 is 2.00 bits per heavy atom. The van der Waals surface area contributed by atoms with Crippen LogP contribution in [0.1, 0.15) is 42.6 Å². The Labute approximate surface area is 144 Å². The van der Waals surface area contributed by atoms with E-state index in [9.17, 15) is 18.8 Å². The van der Waals surface area contributed by atoms with E-state index in [0.29, 0.717) is 12.0 Å². The molecule has 1 atom stereocenters. The van der Waals surface area contributed by atoms with Crippen molar-refractivity contribution in [1.82, 2.24) is 0 Å². The highest BCUT2D eigenvalue weighted by atomic mass is 35.5. The Morgan fingerprint density at radius 3 is 2.54 bits per heavy atom. The van der Waals surface area contributed by atoms with Gasteiger partial charge in [-0.1, -0.05) is 30.7 Å². The fraction of sp³-hybridized carbons (Fsp3) is 0.389. The van der Waals surface area contributed by atoms with Crippen LogP contribution < -0.4 is 0 Å². The lowest BCUT2D eigenvalue weighted by Crippen LogP contribution is -2.29. The van der Waals surface area contributed by atoms with Crippen molar-refractivity contribution in [1.29, 1.82) is 0 Å². The second kappa shape index (κ2) is 7.71. The SMILES string of the molecule is CCOC(=O)C1CC(=O)C(C(=O)c2ccc(CC)c(F)c2)=C(Cl)C1. The van der Waals surface area contributed by atoms with Gasteiger partial charge in [-0.15, -0.1) is 0 Å². The minimum Gasteiger partial charge on any atom is -0.466 e. The number of ketones is 2. The number of benzene rings is 1. The van der Waals surface area contributed by atoms with Crippen LogP contribution in [-0.2, 0) is 20.7 Å². The molecule has 0 fully saturated rings. The molecule has 1 unspecified atom stereocenters. The molecule has 0 N–H and O–H groups in total. The van der Waals surface area contributed by atoms with E-state index in [4.69, 9.17) is 16.3 Å². The number of halogens is 2. The Kier molecular flexibility index (Phi) is 5.89. The van der Waals surface area contributed by atoms with Crippen LogP contribution in [0.3, 0.4) is 0 Å². The third kappa shape index (κ3) is 3.73. The number of aryl methyl sites for hydroxylation is 1. The van der Waals surface area contributed by atoms with Crippen molar-refractivity contribution < 1.29 is 23.5 Å². The van der Waals surface area contributed by atoms with E-state index in [1.165, 1.54) is 12.1 Å². The van der Waals surface area contributed by atoms with Crippen molar-refractivity contribution in [3.05, 3.63) is 45.7 Å². The van der Waals surface area contributed by atoms with E-state index in [2.05, 4.69) is 0 Å². The zero-order valence-electron chi connectivity index (χ0n) is 13.5. The Hall–Kier alpha value is -2.01. The van der Waals surface area contributed by atoms with E-state index >= 15 is 0 Å². The summed E-state index contributed by atoms with van der Waals surface area (Å²) >= 11 is 6.10. The van der Waals surface area contributed by atoms with E-state index in [-0.39, 0.29) is 35.6 Å². The van der Waals surface area contributed by atoms with Gasteiger partial charge in [-0.25, -0.2) is 4.39 Å². The first-order chi connectivity index (χ1) is 11.4. The summed E-state index contributed by atoms with van der Waals surface area (Å²) in [6.45, 7) is 3.68. The zero-order chi connectivity index (χ0) is 17.9. The first-order valence-electron chi connectivity index (χ1n) is 7.80. The molecule has 4 nitrogen and oxygen atoms in total. The molecule has 0 aromatic heterocycles. The molecule has 0 bridgehead atoms. The lowest BCUT2D eigenvalue weighted by Gasteiger charge is -2.21. The topological polar surface area (TPSA) is 60.4 Å². The molecule has 0 aliphatic heterocycles. The Bertz CT molecular complexity index is 724. The van der Waals surface area contributed by atoms with E-state index in [1.54, 1.807) is 13.8 Å². The molecule has 6 heteroatoms. The van der Waals surface area contributed by atoms with Gasteiger partial charge >= 0.3 is 5.97 Å². The van der Waals surface area contributed by atoms with Gasteiger partial charge in [0.1, 0.15) is 5.82 Å². The van der Waals surface area contributed by atoms with Crippen LogP contribution in [0.4, 0.5) is 4.39 Å². The van der Waals surface area contributed by atoms with Crippen LogP contribution in [0, 0.1) is 11.7 Å². The van der Waals surface area contributed by atoms with Crippen LogP contribution in [0.2, 0.25) is 0 Å². The molecule has 0 saturated heterocycles. The molecule has 128 valence electrons. The van der Waals surface area contributed by atoms with Gasteiger partial charge in [-0.3, -0.25) is 14.4 Å². The Balaban J connectivity index is 2.29. The summed E-state index contributed by atoms with van der Waals surface area (Å²) in [6.07, 6.45) is 0.443. The fourth-order valence-corrected chi connectivity index (χ4v) is 3.04. The minimum atomic E-state index is -0.680. The van der Waals surface area contributed by atoms with Crippen molar-refractivity contribution in [2.75, 3.05) is 6.61 Å². The molecular formula is C18H18ClFO4. The predicted octanol–water partition coefficient (Wildman–Crippen LogP) is 3.61. The number of hydrogen-bond donors (Lipinski definition) is 0. The van der Waals surface area contributed by atoms with Crippen molar-refractivity contribution in [2.45, 2.75) is 33.1 Å². The fourth-order valence-electron chi connectivity index (χ4n) is 2.66. The van der Waals surface area contributed by atoms with Crippen molar-refractivity contribution >= 4 is 29.1 Å². The van der Waals surface area contributed by atoms with Crippen LogP contribution in [-0.4, -0.2) is 24.1 Å². The summed E-state index contributed by atoms with van der Waals surface area (Å²) in [5, 5.41) is 0.0225. The number of carbonyl (C=O) groups is 3. The largest absolute Gasteiger partial charge is 0.466 e. The molecule has 1 aromatic carbocycles. The highest BCUT2D eigenvalue weighted by Crippen LogP contribution is 2.32. The molecule has 2 rings (SSSR count). The second-order valence-electron chi connectivity index (χ2n) is 5.55. The lowest BCUT2D eigenvalue weighted by atomic mass is 9.85. The number of rotatable bonds is 5. The average Bonchev–Trinajstić information content (AvgIpc) is 2.54.